The first-order chi connectivity index (χ1) is 29.3. The number of piperazine rings is 1. The molecule has 4 aliphatic rings. The molecule has 5 aromatic rings. The summed E-state index contributed by atoms with van der Waals surface area (Å²) >= 11 is 12.2. The number of rotatable bonds is 10. The van der Waals surface area contributed by atoms with Crippen LogP contribution in [0.15, 0.2) is 95.7 Å². The molecule has 2 aliphatic heterocycles. The summed E-state index contributed by atoms with van der Waals surface area (Å²) < 4.78 is 40.0. The van der Waals surface area contributed by atoms with Crippen LogP contribution in [0.2, 0.25) is 10.0 Å². The van der Waals surface area contributed by atoms with E-state index in [1.54, 1.807) is 24.5 Å². The topological polar surface area (TPSA) is 120 Å². The molecule has 4 heterocycles. The van der Waals surface area contributed by atoms with Crippen LogP contribution in [-0.4, -0.2) is 98.7 Å². The van der Waals surface area contributed by atoms with Crippen LogP contribution < -0.4 is 14.4 Å². The molecule has 3 aromatic carbocycles. The van der Waals surface area contributed by atoms with Crippen molar-refractivity contribution in [3.8, 4) is 11.5 Å². The number of allylic oxidation sites excluding steroid dienone is 1. The Bertz CT molecular complexity index is 2500. The van der Waals surface area contributed by atoms with E-state index in [9.17, 15) is 13.2 Å². The molecule has 2 N–H and O–H groups in total. The van der Waals surface area contributed by atoms with E-state index in [0.717, 1.165) is 93.8 Å². The Balaban J connectivity index is 0.000000458. The first-order valence-corrected chi connectivity index (χ1v) is 23.1. The van der Waals surface area contributed by atoms with Crippen LogP contribution in [0.4, 0.5) is 5.69 Å². The van der Waals surface area contributed by atoms with Gasteiger partial charge in [0.05, 0.1) is 18.4 Å². The van der Waals surface area contributed by atoms with Gasteiger partial charge in [0.1, 0.15) is 17.1 Å². The van der Waals surface area contributed by atoms with Crippen molar-refractivity contribution in [2.24, 2.45) is 5.41 Å². The molecule has 2 saturated heterocycles. The molecule has 2 aliphatic carbocycles. The van der Waals surface area contributed by atoms with Crippen molar-refractivity contribution >= 4 is 61.4 Å². The van der Waals surface area contributed by atoms with Gasteiger partial charge in [0, 0.05) is 96.1 Å². The maximum Gasteiger partial charge on any atom is 0.268 e. The molecule has 11 nitrogen and oxygen atoms in total. The summed E-state index contributed by atoms with van der Waals surface area (Å²) in [7, 11) is -4.22. The minimum atomic E-state index is -4.22. The third-order valence-corrected chi connectivity index (χ3v) is 13.7. The van der Waals surface area contributed by atoms with E-state index in [4.69, 9.17) is 32.7 Å². The van der Waals surface area contributed by atoms with Gasteiger partial charge in [0.15, 0.2) is 0 Å². The van der Waals surface area contributed by atoms with Gasteiger partial charge in [-0.25, -0.2) is 18.1 Å². The van der Waals surface area contributed by atoms with Crippen molar-refractivity contribution in [2.75, 3.05) is 57.3 Å². The van der Waals surface area contributed by atoms with E-state index < -0.39 is 15.9 Å². The molecule has 15 heteroatoms. The molecule has 1 saturated carbocycles. The van der Waals surface area contributed by atoms with E-state index in [1.807, 2.05) is 30.3 Å². The van der Waals surface area contributed by atoms with Gasteiger partial charge < -0.3 is 26.3 Å². The van der Waals surface area contributed by atoms with E-state index >= 15 is 0 Å². The van der Waals surface area contributed by atoms with Crippen molar-refractivity contribution in [1.82, 2.24) is 24.5 Å². The Morgan fingerprint density at radius 3 is 2.53 bits per heavy atom. The second-order valence-electron chi connectivity index (χ2n) is 17.1. The van der Waals surface area contributed by atoms with E-state index in [0.29, 0.717) is 11.4 Å². The minimum Gasteiger partial charge on any atom is -0.455 e. The van der Waals surface area contributed by atoms with E-state index in [1.165, 1.54) is 47.8 Å². The van der Waals surface area contributed by atoms with Gasteiger partial charge in [0.25, 0.3) is 5.91 Å². The number of carbonyl (C=O) groups is 1. The Kier molecular flexibility index (Phi) is 14.9. The fourth-order valence-corrected chi connectivity index (χ4v) is 9.68. The third kappa shape index (κ3) is 11.7. The molecule has 0 spiro atoms. The minimum absolute atomic E-state index is 0. The van der Waals surface area contributed by atoms with Gasteiger partial charge in [-0.1, -0.05) is 54.3 Å². The van der Waals surface area contributed by atoms with Gasteiger partial charge in [0.2, 0.25) is 10.0 Å². The van der Waals surface area contributed by atoms with Crippen LogP contribution in [0.1, 0.15) is 61.9 Å². The predicted molar refractivity (Wildman–Crippen MR) is 242 cm³/mol. The maximum atomic E-state index is 13.5. The number of morpholine rings is 1. The number of nitrogens with zero attached hydrogens (tertiary/aromatic N) is 4. The number of H-pyrrole nitrogens is 1. The summed E-state index contributed by atoms with van der Waals surface area (Å²) in [5.74, 6) is -0.213. The number of sulfonamides is 1. The average Bonchev–Trinajstić information content (AvgIpc) is 3.99. The second-order valence-corrected chi connectivity index (χ2v) is 19.6. The Labute approximate surface area is 390 Å². The summed E-state index contributed by atoms with van der Waals surface area (Å²) in [6.07, 6.45) is 9.62. The molecular formula is C47H52AuCl2N6O5S-2. The molecule has 0 bridgehead atoms. The number of halogens is 2. The average molecular weight is 1080 g/mol. The first kappa shape index (κ1) is 46.3. The molecule has 1 radical (unpaired) electrons. The van der Waals surface area contributed by atoms with Crippen LogP contribution >= 0.6 is 23.2 Å². The van der Waals surface area contributed by atoms with Crippen molar-refractivity contribution in [3.05, 3.63) is 125 Å². The van der Waals surface area contributed by atoms with Crippen molar-refractivity contribution in [2.45, 2.75) is 63.0 Å². The summed E-state index contributed by atoms with van der Waals surface area (Å²) in [5, 5.41) is 1.70. The summed E-state index contributed by atoms with van der Waals surface area (Å²) in [4.78, 5) is 28.1. The quantitative estimate of drug-likeness (QED) is 0.104. The molecule has 9 rings (SSSR count). The number of hydrogen-bond donors (Lipinski definition) is 2. The first-order valence-electron chi connectivity index (χ1n) is 20.9. The van der Waals surface area contributed by atoms with Gasteiger partial charge in [-0.15, -0.1) is 17.7 Å². The molecule has 1 atom stereocenters. The van der Waals surface area contributed by atoms with Crippen molar-refractivity contribution < 1.29 is 45.1 Å². The number of hydrogen-bond acceptors (Lipinski definition) is 9. The number of ether oxygens (including phenoxy) is 2. The zero-order chi connectivity index (χ0) is 42.7. The standard InChI is InChI=1S/C39H38Cl2N5O4S.C8H14NO.Au/c1-39(2)14-12-28(35(23-39)26-6-8-29(40)9-7-26)25-45-16-18-46(19-17-45)31-10-11-34(38(47)44-51(48,49)33-5-3-4-30(41)21-33)36(22-31)50-32-20-27-13-15-42-37(27)43-24-32;1-7-6-9(4-5-10-7)8-2-3-8;/h3,5-11,13,15,20-22,24H,12,14,16-19,23,25H2,1-2H3,(H,42,43)(H,44,47);7-8H,1-6H2;/q2*-1;. The SMILES string of the molecule is CC1(C)CCC(CN2CCN(c3ccc(C(=O)NS(=O)(=O)c4cc[c-]c(Cl)c4)c(Oc4cnc5[nH]ccc5c4)c3)CC2)=C(c2ccc(Cl)cc2)C1.[Au].[CH2-]C1CN(C2CC2)CCO1. The Morgan fingerprint density at radius 1 is 1.03 bits per heavy atom. The Hall–Kier alpha value is -3.69. The number of fused-ring (bicyclic) bond motifs is 1. The summed E-state index contributed by atoms with van der Waals surface area (Å²) in [6.45, 7) is 15.8. The number of aromatic amines is 1. The largest absolute Gasteiger partial charge is 0.455 e. The fraction of sp³-hybridized carbons (Fsp3) is 0.383. The van der Waals surface area contributed by atoms with Crippen LogP contribution in [-0.2, 0) is 37.1 Å². The molecule has 333 valence electrons. The molecule has 1 unspecified atom stereocenters. The number of anilines is 1. The van der Waals surface area contributed by atoms with Gasteiger partial charge in [-0.05, 0) is 96.5 Å². The van der Waals surface area contributed by atoms with E-state index in [-0.39, 0.29) is 55.1 Å². The molecule has 2 aromatic heterocycles. The predicted octanol–water partition coefficient (Wildman–Crippen LogP) is 9.05. The molecule has 62 heavy (non-hydrogen) atoms. The van der Waals surface area contributed by atoms with E-state index in [2.05, 4.69) is 68.4 Å². The summed E-state index contributed by atoms with van der Waals surface area (Å²) in [5.41, 5.74) is 6.06. The molecular weight excluding hydrogens is 1030 g/mol. The fourth-order valence-electron chi connectivity index (χ4n) is 8.31. The molecule has 1 amide bonds. The van der Waals surface area contributed by atoms with Gasteiger partial charge >= 0.3 is 0 Å². The van der Waals surface area contributed by atoms with Crippen LogP contribution in [0.3, 0.4) is 0 Å². The summed E-state index contributed by atoms with van der Waals surface area (Å²) in [6, 6.07) is 24.6. The third-order valence-electron chi connectivity index (χ3n) is 11.9. The monoisotopic (exact) mass is 1080 g/mol. The maximum absolute atomic E-state index is 13.5. The smallest absolute Gasteiger partial charge is 0.268 e. The zero-order valence-corrected chi connectivity index (χ0v) is 39.4. The van der Waals surface area contributed by atoms with Crippen LogP contribution in [0.25, 0.3) is 16.6 Å². The number of carbonyl (C=O) groups excluding carboxylic acids is 1. The normalized spacial score (nSPS) is 19.6. The van der Waals surface area contributed by atoms with Gasteiger partial charge in [-0.3, -0.25) is 14.6 Å². The van der Waals surface area contributed by atoms with Crippen molar-refractivity contribution in [3.63, 3.8) is 0 Å². The zero-order valence-electron chi connectivity index (χ0n) is 34.9. The number of benzene rings is 3. The number of aromatic nitrogens is 2. The number of amides is 1. The van der Waals surface area contributed by atoms with Crippen LogP contribution in [0.5, 0.6) is 11.5 Å². The number of nitrogens with one attached hydrogen (secondary N) is 2. The van der Waals surface area contributed by atoms with Crippen molar-refractivity contribution in [1.29, 1.82) is 0 Å². The number of pyridine rings is 1. The van der Waals surface area contributed by atoms with Gasteiger partial charge in [-0.2, -0.15) is 18.2 Å². The second kappa shape index (κ2) is 20.0. The molecule has 3 fully saturated rings. The Morgan fingerprint density at radius 2 is 1.81 bits per heavy atom. The van der Waals surface area contributed by atoms with Crippen LogP contribution in [0, 0.1) is 18.4 Å².